The minimum atomic E-state index is -0.201. The van der Waals surface area contributed by atoms with E-state index in [2.05, 4.69) is 10.6 Å². The Labute approximate surface area is 142 Å². The first kappa shape index (κ1) is 16.4. The lowest BCUT2D eigenvalue weighted by Gasteiger charge is -2.37. The van der Waals surface area contributed by atoms with Crippen molar-refractivity contribution in [2.24, 2.45) is 11.3 Å². The lowest BCUT2D eigenvalue weighted by Crippen LogP contribution is -2.47. The number of carbonyl (C=O) groups excluding carboxylic acids is 1. The number of hydrogen-bond donors (Lipinski definition) is 2. The van der Waals surface area contributed by atoms with Gasteiger partial charge in [-0.15, -0.1) is 12.4 Å². The standard InChI is InChI=1S/C17H22N2O3.ClH/c20-16(17-7-2-1-5-13(17)9-18-10-17)19-8-12-4-3-6-14-15(12)22-11-21-14;/h3-4,6,13,18H,1-2,5,7-11H2,(H,19,20);1H/t13-,17+;/m0./s1. The Kier molecular flexibility index (Phi) is 4.69. The van der Waals surface area contributed by atoms with E-state index < -0.39 is 0 Å². The molecular formula is C17H23ClN2O3. The number of ether oxygens (including phenoxy) is 2. The molecule has 1 aromatic rings. The van der Waals surface area contributed by atoms with Crippen LogP contribution in [0.4, 0.5) is 0 Å². The second-order valence-corrected chi connectivity index (χ2v) is 6.56. The number of rotatable bonds is 3. The smallest absolute Gasteiger partial charge is 0.231 e. The highest BCUT2D eigenvalue weighted by Crippen LogP contribution is 2.44. The summed E-state index contributed by atoms with van der Waals surface area (Å²) >= 11 is 0. The lowest BCUT2D eigenvalue weighted by molar-refractivity contribution is -0.134. The Hall–Kier alpha value is -1.46. The van der Waals surface area contributed by atoms with Crippen LogP contribution in [0.3, 0.4) is 0 Å². The van der Waals surface area contributed by atoms with Crippen LogP contribution in [0.5, 0.6) is 11.5 Å². The number of hydrogen-bond acceptors (Lipinski definition) is 4. The molecule has 3 aliphatic rings. The number of benzene rings is 1. The summed E-state index contributed by atoms with van der Waals surface area (Å²) in [6.07, 6.45) is 4.57. The van der Waals surface area contributed by atoms with Gasteiger partial charge in [-0.2, -0.15) is 0 Å². The molecule has 23 heavy (non-hydrogen) atoms. The topological polar surface area (TPSA) is 59.6 Å². The van der Waals surface area contributed by atoms with E-state index in [4.69, 9.17) is 9.47 Å². The molecule has 1 saturated heterocycles. The maximum atomic E-state index is 12.9. The van der Waals surface area contributed by atoms with Gasteiger partial charge >= 0.3 is 0 Å². The van der Waals surface area contributed by atoms with E-state index >= 15 is 0 Å². The third kappa shape index (κ3) is 2.76. The van der Waals surface area contributed by atoms with Gasteiger partial charge < -0.3 is 20.1 Å². The van der Waals surface area contributed by atoms with Gasteiger partial charge in [0.1, 0.15) is 0 Å². The molecule has 0 radical (unpaired) electrons. The minimum Gasteiger partial charge on any atom is -0.454 e. The third-order valence-electron chi connectivity index (χ3n) is 5.41. The van der Waals surface area contributed by atoms with Gasteiger partial charge in [0.25, 0.3) is 0 Å². The highest BCUT2D eigenvalue weighted by atomic mass is 35.5. The van der Waals surface area contributed by atoms with Crippen molar-refractivity contribution in [2.75, 3.05) is 19.9 Å². The van der Waals surface area contributed by atoms with Crippen molar-refractivity contribution >= 4 is 18.3 Å². The van der Waals surface area contributed by atoms with Crippen LogP contribution in [-0.2, 0) is 11.3 Å². The van der Waals surface area contributed by atoms with Gasteiger partial charge in [-0.05, 0) is 31.4 Å². The van der Waals surface area contributed by atoms with Crippen LogP contribution < -0.4 is 20.1 Å². The monoisotopic (exact) mass is 338 g/mol. The molecule has 2 N–H and O–H groups in total. The van der Waals surface area contributed by atoms with Crippen LogP contribution in [0.25, 0.3) is 0 Å². The molecule has 2 atom stereocenters. The van der Waals surface area contributed by atoms with Crippen molar-refractivity contribution in [3.8, 4) is 11.5 Å². The van der Waals surface area contributed by atoms with Crippen LogP contribution in [0.15, 0.2) is 18.2 Å². The summed E-state index contributed by atoms with van der Waals surface area (Å²) in [6.45, 7) is 2.55. The maximum Gasteiger partial charge on any atom is 0.231 e. The zero-order valence-electron chi connectivity index (χ0n) is 13.1. The van der Waals surface area contributed by atoms with E-state index in [1.54, 1.807) is 0 Å². The third-order valence-corrected chi connectivity index (χ3v) is 5.41. The highest BCUT2D eigenvalue weighted by Gasteiger charge is 2.49. The number of para-hydroxylation sites is 1. The van der Waals surface area contributed by atoms with Gasteiger partial charge in [-0.1, -0.05) is 25.0 Å². The Balaban J connectivity index is 0.00000156. The molecule has 2 heterocycles. The molecule has 0 unspecified atom stereocenters. The van der Waals surface area contributed by atoms with E-state index in [0.717, 1.165) is 49.4 Å². The van der Waals surface area contributed by atoms with Crippen molar-refractivity contribution in [1.82, 2.24) is 10.6 Å². The molecule has 5 nitrogen and oxygen atoms in total. The van der Waals surface area contributed by atoms with Crippen molar-refractivity contribution < 1.29 is 14.3 Å². The van der Waals surface area contributed by atoms with E-state index in [-0.39, 0.29) is 30.5 Å². The fourth-order valence-corrected chi connectivity index (χ4v) is 4.17. The van der Waals surface area contributed by atoms with Crippen LogP contribution >= 0.6 is 12.4 Å². The van der Waals surface area contributed by atoms with Gasteiger partial charge in [0.15, 0.2) is 11.5 Å². The first-order valence-corrected chi connectivity index (χ1v) is 8.16. The summed E-state index contributed by atoms with van der Waals surface area (Å²) in [5.41, 5.74) is 0.783. The van der Waals surface area contributed by atoms with Crippen molar-refractivity contribution in [3.05, 3.63) is 23.8 Å². The van der Waals surface area contributed by atoms with Gasteiger partial charge in [0.2, 0.25) is 12.7 Å². The Morgan fingerprint density at radius 2 is 2.26 bits per heavy atom. The van der Waals surface area contributed by atoms with E-state index in [1.165, 1.54) is 6.42 Å². The summed E-state index contributed by atoms with van der Waals surface area (Å²) in [6, 6.07) is 5.81. The molecule has 1 amide bonds. The average molecular weight is 339 g/mol. The zero-order valence-corrected chi connectivity index (χ0v) is 13.9. The molecule has 1 aromatic carbocycles. The summed E-state index contributed by atoms with van der Waals surface area (Å²) in [7, 11) is 0. The van der Waals surface area contributed by atoms with Gasteiger partial charge in [-0.3, -0.25) is 4.79 Å². The zero-order chi connectivity index (χ0) is 15.0. The van der Waals surface area contributed by atoms with E-state index in [9.17, 15) is 4.79 Å². The fourth-order valence-electron chi connectivity index (χ4n) is 4.17. The predicted octanol–water partition coefficient (Wildman–Crippen LogP) is 2.23. The largest absolute Gasteiger partial charge is 0.454 e. The Morgan fingerprint density at radius 1 is 1.35 bits per heavy atom. The maximum absolute atomic E-state index is 12.9. The fraction of sp³-hybridized carbons (Fsp3) is 0.588. The first-order valence-electron chi connectivity index (χ1n) is 8.16. The second kappa shape index (κ2) is 6.57. The summed E-state index contributed by atoms with van der Waals surface area (Å²) in [4.78, 5) is 12.9. The molecule has 4 rings (SSSR count). The predicted molar refractivity (Wildman–Crippen MR) is 88.9 cm³/mol. The van der Waals surface area contributed by atoms with Crippen molar-refractivity contribution in [2.45, 2.75) is 32.2 Å². The molecule has 2 fully saturated rings. The molecule has 0 aromatic heterocycles. The van der Waals surface area contributed by atoms with Crippen molar-refractivity contribution in [1.29, 1.82) is 0 Å². The molecule has 0 spiro atoms. The molecule has 2 aliphatic heterocycles. The van der Waals surface area contributed by atoms with E-state index in [1.807, 2.05) is 18.2 Å². The van der Waals surface area contributed by atoms with Crippen LogP contribution in [-0.4, -0.2) is 25.8 Å². The summed E-state index contributed by atoms with van der Waals surface area (Å²) < 4.78 is 10.9. The summed E-state index contributed by atoms with van der Waals surface area (Å²) in [5, 5.41) is 6.57. The molecule has 126 valence electrons. The first-order chi connectivity index (χ1) is 10.8. The lowest BCUT2D eigenvalue weighted by atomic mass is 9.67. The average Bonchev–Trinajstić information content (AvgIpc) is 3.19. The molecule has 6 heteroatoms. The number of carbonyl (C=O) groups is 1. The van der Waals surface area contributed by atoms with Gasteiger partial charge in [0.05, 0.1) is 5.41 Å². The quantitative estimate of drug-likeness (QED) is 0.887. The SMILES string of the molecule is Cl.O=C(NCc1cccc2c1OCO2)[C@@]12CCCC[C@H]1CNC2. The normalized spacial score (nSPS) is 27.9. The molecule has 1 saturated carbocycles. The minimum absolute atomic E-state index is 0. The number of amides is 1. The highest BCUT2D eigenvalue weighted by molar-refractivity contribution is 5.85. The Bertz CT molecular complexity index is 595. The van der Waals surface area contributed by atoms with Gasteiger partial charge in [0, 0.05) is 18.7 Å². The van der Waals surface area contributed by atoms with E-state index in [0.29, 0.717) is 12.5 Å². The van der Waals surface area contributed by atoms with Crippen LogP contribution in [0.1, 0.15) is 31.2 Å². The van der Waals surface area contributed by atoms with Crippen LogP contribution in [0, 0.1) is 11.3 Å². The summed E-state index contributed by atoms with van der Waals surface area (Å²) in [5.74, 6) is 2.22. The molecule has 0 bridgehead atoms. The van der Waals surface area contributed by atoms with Gasteiger partial charge in [-0.25, -0.2) is 0 Å². The number of fused-ring (bicyclic) bond motifs is 2. The number of halogens is 1. The number of nitrogens with one attached hydrogen (secondary N) is 2. The second-order valence-electron chi connectivity index (χ2n) is 6.56. The van der Waals surface area contributed by atoms with Crippen LogP contribution in [0.2, 0.25) is 0 Å². The Morgan fingerprint density at radius 3 is 3.17 bits per heavy atom. The van der Waals surface area contributed by atoms with Crippen molar-refractivity contribution in [3.63, 3.8) is 0 Å². The molecule has 1 aliphatic carbocycles. The molecular weight excluding hydrogens is 316 g/mol.